The Morgan fingerprint density at radius 2 is 2.00 bits per heavy atom. The number of carbonyl (C=O) groups excluding carboxylic acids is 1. The molecule has 0 bridgehead atoms. The SMILES string of the molecule is CC(C)(N)C(=O)NCCCOc1ccc(F)cc1. The molecule has 0 saturated heterocycles. The van der Waals surface area contributed by atoms with Crippen LogP contribution in [0.2, 0.25) is 0 Å². The topological polar surface area (TPSA) is 64.4 Å². The van der Waals surface area contributed by atoms with Crippen LogP contribution in [0.5, 0.6) is 5.75 Å². The maximum atomic E-state index is 12.6. The Bertz CT molecular complexity index is 385. The third-order valence-corrected chi connectivity index (χ3v) is 2.27. The normalized spacial score (nSPS) is 11.1. The number of nitrogens with one attached hydrogen (secondary N) is 1. The van der Waals surface area contributed by atoms with E-state index in [1.54, 1.807) is 26.0 Å². The van der Waals surface area contributed by atoms with Gasteiger partial charge in [0.15, 0.2) is 0 Å². The van der Waals surface area contributed by atoms with Crippen LogP contribution >= 0.6 is 0 Å². The van der Waals surface area contributed by atoms with E-state index in [0.717, 1.165) is 0 Å². The first-order valence-electron chi connectivity index (χ1n) is 5.85. The fourth-order valence-corrected chi connectivity index (χ4v) is 1.22. The highest BCUT2D eigenvalue weighted by molar-refractivity contribution is 5.84. The highest BCUT2D eigenvalue weighted by Crippen LogP contribution is 2.10. The molecule has 3 N–H and O–H groups in total. The number of ether oxygens (including phenoxy) is 1. The minimum atomic E-state index is -0.863. The van der Waals surface area contributed by atoms with Gasteiger partial charge >= 0.3 is 0 Å². The molecule has 1 aromatic carbocycles. The Balaban J connectivity index is 2.16. The Kier molecular flexibility index (Phi) is 5.09. The Hall–Kier alpha value is -1.62. The molecule has 1 rings (SSSR count). The van der Waals surface area contributed by atoms with Crippen LogP contribution in [-0.2, 0) is 4.79 Å². The van der Waals surface area contributed by atoms with E-state index in [1.165, 1.54) is 12.1 Å². The molecule has 18 heavy (non-hydrogen) atoms. The number of hydrogen-bond donors (Lipinski definition) is 2. The monoisotopic (exact) mass is 254 g/mol. The second-order valence-corrected chi connectivity index (χ2v) is 4.63. The summed E-state index contributed by atoms with van der Waals surface area (Å²) in [6, 6.07) is 5.82. The molecule has 0 aromatic heterocycles. The lowest BCUT2D eigenvalue weighted by Crippen LogP contribution is -2.49. The Labute approximate surface area is 106 Å². The van der Waals surface area contributed by atoms with E-state index < -0.39 is 5.54 Å². The molecule has 0 aliphatic heterocycles. The van der Waals surface area contributed by atoms with Crippen molar-refractivity contribution in [3.8, 4) is 5.75 Å². The lowest BCUT2D eigenvalue weighted by molar-refractivity contribution is -0.125. The van der Waals surface area contributed by atoms with Crippen molar-refractivity contribution in [1.29, 1.82) is 0 Å². The first-order valence-corrected chi connectivity index (χ1v) is 5.85. The molecule has 5 heteroatoms. The first-order chi connectivity index (χ1) is 8.39. The smallest absolute Gasteiger partial charge is 0.239 e. The van der Waals surface area contributed by atoms with Crippen molar-refractivity contribution in [1.82, 2.24) is 5.32 Å². The predicted octanol–water partition coefficient (Wildman–Crippen LogP) is 1.45. The van der Waals surface area contributed by atoms with Crippen molar-refractivity contribution in [2.45, 2.75) is 25.8 Å². The van der Waals surface area contributed by atoms with Gasteiger partial charge < -0.3 is 15.8 Å². The van der Waals surface area contributed by atoms with Crippen LogP contribution in [0.15, 0.2) is 24.3 Å². The van der Waals surface area contributed by atoms with Crippen molar-refractivity contribution in [3.63, 3.8) is 0 Å². The molecule has 0 unspecified atom stereocenters. The zero-order valence-electron chi connectivity index (χ0n) is 10.7. The van der Waals surface area contributed by atoms with E-state index >= 15 is 0 Å². The molecule has 0 atom stereocenters. The summed E-state index contributed by atoms with van der Waals surface area (Å²) in [6.07, 6.45) is 0.666. The molecule has 1 aromatic rings. The largest absolute Gasteiger partial charge is 0.494 e. The third kappa shape index (κ3) is 5.14. The van der Waals surface area contributed by atoms with Crippen molar-refractivity contribution in [2.24, 2.45) is 5.73 Å². The summed E-state index contributed by atoms with van der Waals surface area (Å²) in [4.78, 5) is 11.4. The second-order valence-electron chi connectivity index (χ2n) is 4.63. The molecule has 0 aliphatic rings. The van der Waals surface area contributed by atoms with Crippen LogP contribution in [0.25, 0.3) is 0 Å². The molecule has 0 heterocycles. The Morgan fingerprint density at radius 1 is 1.39 bits per heavy atom. The molecular formula is C13H19FN2O2. The fraction of sp³-hybridized carbons (Fsp3) is 0.462. The number of benzene rings is 1. The van der Waals surface area contributed by atoms with E-state index in [0.29, 0.717) is 25.3 Å². The maximum absolute atomic E-state index is 12.6. The minimum Gasteiger partial charge on any atom is -0.494 e. The molecule has 4 nitrogen and oxygen atoms in total. The molecule has 0 radical (unpaired) electrons. The highest BCUT2D eigenvalue weighted by Gasteiger charge is 2.20. The lowest BCUT2D eigenvalue weighted by atomic mass is 10.1. The van der Waals surface area contributed by atoms with Crippen molar-refractivity contribution in [2.75, 3.05) is 13.2 Å². The van der Waals surface area contributed by atoms with E-state index in [-0.39, 0.29) is 11.7 Å². The summed E-state index contributed by atoms with van der Waals surface area (Å²) in [7, 11) is 0. The van der Waals surface area contributed by atoms with Crippen LogP contribution in [0, 0.1) is 5.82 Å². The number of halogens is 1. The van der Waals surface area contributed by atoms with Crippen LogP contribution in [0.3, 0.4) is 0 Å². The maximum Gasteiger partial charge on any atom is 0.239 e. The average Bonchev–Trinajstić information content (AvgIpc) is 2.29. The third-order valence-electron chi connectivity index (χ3n) is 2.27. The molecule has 100 valence electrons. The quantitative estimate of drug-likeness (QED) is 0.755. The molecule has 0 fully saturated rings. The lowest BCUT2D eigenvalue weighted by Gasteiger charge is -2.17. The van der Waals surface area contributed by atoms with Gasteiger partial charge in [0.2, 0.25) is 5.91 Å². The summed E-state index contributed by atoms with van der Waals surface area (Å²) in [5.41, 5.74) is 4.76. The van der Waals surface area contributed by atoms with Gasteiger partial charge in [-0.25, -0.2) is 4.39 Å². The minimum absolute atomic E-state index is 0.190. The summed E-state index contributed by atoms with van der Waals surface area (Å²) < 4.78 is 18.0. The fourth-order valence-electron chi connectivity index (χ4n) is 1.22. The molecule has 0 aliphatic carbocycles. The molecule has 0 saturated carbocycles. The van der Waals surface area contributed by atoms with E-state index in [4.69, 9.17) is 10.5 Å². The van der Waals surface area contributed by atoms with Crippen molar-refractivity contribution in [3.05, 3.63) is 30.1 Å². The molecule has 1 amide bonds. The van der Waals surface area contributed by atoms with Gasteiger partial charge in [-0.05, 0) is 44.5 Å². The zero-order valence-corrected chi connectivity index (χ0v) is 10.7. The van der Waals surface area contributed by atoms with Crippen LogP contribution in [0.1, 0.15) is 20.3 Å². The van der Waals surface area contributed by atoms with Gasteiger partial charge in [-0.1, -0.05) is 0 Å². The van der Waals surface area contributed by atoms with Gasteiger partial charge in [0.25, 0.3) is 0 Å². The van der Waals surface area contributed by atoms with Gasteiger partial charge in [0.1, 0.15) is 11.6 Å². The molecular weight excluding hydrogens is 235 g/mol. The van der Waals surface area contributed by atoms with Crippen molar-refractivity contribution < 1.29 is 13.9 Å². The predicted molar refractivity (Wildman–Crippen MR) is 67.8 cm³/mol. The van der Waals surface area contributed by atoms with E-state index in [9.17, 15) is 9.18 Å². The Morgan fingerprint density at radius 3 is 2.56 bits per heavy atom. The van der Waals surface area contributed by atoms with Crippen molar-refractivity contribution >= 4 is 5.91 Å². The van der Waals surface area contributed by atoms with Crippen LogP contribution < -0.4 is 15.8 Å². The zero-order chi connectivity index (χ0) is 13.6. The van der Waals surface area contributed by atoms with E-state index in [2.05, 4.69) is 5.32 Å². The van der Waals surface area contributed by atoms with Crippen LogP contribution in [-0.4, -0.2) is 24.6 Å². The molecule has 0 spiro atoms. The first kappa shape index (κ1) is 14.4. The summed E-state index contributed by atoms with van der Waals surface area (Å²) in [5, 5.41) is 2.71. The highest BCUT2D eigenvalue weighted by atomic mass is 19.1. The number of nitrogens with two attached hydrogens (primary N) is 1. The van der Waals surface area contributed by atoms with E-state index in [1.807, 2.05) is 0 Å². The number of hydrogen-bond acceptors (Lipinski definition) is 3. The van der Waals surface area contributed by atoms with Gasteiger partial charge in [-0.3, -0.25) is 4.79 Å². The summed E-state index contributed by atoms with van der Waals surface area (Å²) in [5.74, 6) is 0.131. The summed E-state index contributed by atoms with van der Waals surface area (Å²) >= 11 is 0. The standard InChI is InChI=1S/C13H19FN2O2/c1-13(2,15)12(17)16-8-3-9-18-11-6-4-10(14)5-7-11/h4-7H,3,8-9,15H2,1-2H3,(H,16,17). The average molecular weight is 254 g/mol. The van der Waals surface area contributed by atoms with Gasteiger partial charge in [-0.15, -0.1) is 0 Å². The number of carbonyl (C=O) groups is 1. The van der Waals surface area contributed by atoms with Gasteiger partial charge in [0.05, 0.1) is 12.1 Å². The second kappa shape index (κ2) is 6.35. The van der Waals surface area contributed by atoms with Crippen LogP contribution in [0.4, 0.5) is 4.39 Å². The number of amides is 1. The van der Waals surface area contributed by atoms with Gasteiger partial charge in [-0.2, -0.15) is 0 Å². The van der Waals surface area contributed by atoms with Gasteiger partial charge in [0, 0.05) is 6.54 Å². The summed E-state index contributed by atoms with van der Waals surface area (Å²) in [6.45, 7) is 4.26. The number of rotatable bonds is 6.